The van der Waals surface area contributed by atoms with E-state index in [-0.39, 0.29) is 6.61 Å². The second-order valence-corrected chi connectivity index (χ2v) is 2.02. The third-order valence-electron chi connectivity index (χ3n) is 0.971. The minimum Gasteiger partial charge on any atom is -0.378 e. The van der Waals surface area contributed by atoms with Crippen LogP contribution in [0.5, 0.6) is 0 Å². The smallest absolute Gasteiger partial charge is 0.0617 e. The largest absolute Gasteiger partial charge is 0.378 e. The molecule has 1 rings (SSSR count). The Labute approximate surface area is 54.4 Å². The maximum Gasteiger partial charge on any atom is 0.0617 e. The van der Waals surface area contributed by atoms with Gasteiger partial charge in [0.2, 0.25) is 0 Å². The van der Waals surface area contributed by atoms with E-state index in [2.05, 4.69) is 5.32 Å². The Morgan fingerprint density at radius 3 is 3.00 bits per heavy atom. The molecule has 0 aromatic heterocycles. The zero-order chi connectivity index (χ0) is 8.70. The van der Waals surface area contributed by atoms with Crippen LogP contribution in [0.2, 0.25) is 0 Å². The number of ether oxygens (including phenoxy) is 1. The van der Waals surface area contributed by atoms with E-state index in [0.29, 0.717) is 0 Å². The van der Waals surface area contributed by atoms with Crippen molar-refractivity contribution in [2.45, 2.75) is 25.9 Å². The van der Waals surface area contributed by atoms with E-state index < -0.39 is 18.6 Å². The van der Waals surface area contributed by atoms with Gasteiger partial charge in [-0.25, -0.2) is 0 Å². The molecule has 0 saturated carbocycles. The molecule has 0 aliphatic carbocycles. The highest BCUT2D eigenvalue weighted by atomic mass is 16.5. The van der Waals surface area contributed by atoms with Gasteiger partial charge in [0.25, 0.3) is 0 Å². The first-order chi connectivity index (χ1) is 4.83. The van der Waals surface area contributed by atoms with Crippen LogP contribution >= 0.6 is 0 Å². The summed E-state index contributed by atoms with van der Waals surface area (Å²) in [4.78, 5) is 0. The van der Waals surface area contributed by atoms with Crippen LogP contribution < -0.4 is 5.32 Å². The molecule has 0 aromatic rings. The van der Waals surface area contributed by atoms with E-state index >= 15 is 0 Å². The zero-order valence-electron chi connectivity index (χ0n) is 8.19. The molecule has 0 bridgehead atoms. The second-order valence-electron chi connectivity index (χ2n) is 2.02. The van der Waals surface area contributed by atoms with E-state index in [9.17, 15) is 0 Å². The summed E-state index contributed by atoms with van der Waals surface area (Å²) in [5.74, 6) is 0. The summed E-state index contributed by atoms with van der Waals surface area (Å²) < 4.78 is 27.3. The molecule has 1 saturated heterocycles. The fraction of sp³-hybridized carbons (Fsp3) is 1.00. The summed E-state index contributed by atoms with van der Waals surface area (Å²) in [7, 11) is 0. The SMILES string of the molecule is [2H]C1OCC([2H])(C)NC1([2H])C. The first-order valence-electron chi connectivity index (χ1n) is 4.24. The monoisotopic (exact) mass is 118 g/mol. The normalized spacial score (nSPS) is 72.8. The molecule has 2 nitrogen and oxygen atoms in total. The van der Waals surface area contributed by atoms with Crippen molar-refractivity contribution in [2.75, 3.05) is 13.2 Å². The van der Waals surface area contributed by atoms with Crippen molar-refractivity contribution in [1.29, 1.82) is 0 Å². The van der Waals surface area contributed by atoms with Crippen LogP contribution in [0.4, 0.5) is 0 Å². The molecule has 8 heavy (non-hydrogen) atoms. The van der Waals surface area contributed by atoms with Crippen LogP contribution in [0.15, 0.2) is 0 Å². The van der Waals surface area contributed by atoms with Crippen LogP contribution in [0.1, 0.15) is 18.0 Å². The molecule has 1 N–H and O–H groups in total. The molecule has 0 radical (unpaired) electrons. The molecule has 0 spiro atoms. The van der Waals surface area contributed by atoms with Crippen LogP contribution in [0, 0.1) is 0 Å². The number of nitrogens with one attached hydrogen (secondary N) is 1. The highest BCUT2D eigenvalue weighted by Gasteiger charge is 2.12. The Morgan fingerprint density at radius 2 is 2.50 bits per heavy atom. The minimum absolute atomic E-state index is 0.162. The molecule has 1 heterocycles. The summed E-state index contributed by atoms with van der Waals surface area (Å²) in [6, 6.07) is -2.11. The molecule has 1 aliphatic rings. The van der Waals surface area contributed by atoms with E-state index in [1.165, 1.54) is 6.92 Å². The molecule has 2 heteroatoms. The van der Waals surface area contributed by atoms with Crippen LogP contribution in [0.25, 0.3) is 0 Å². The summed E-state index contributed by atoms with van der Waals surface area (Å²) in [5, 5.41) is 2.70. The molecule has 48 valence electrons. The average molecular weight is 118 g/mol. The van der Waals surface area contributed by atoms with Crippen molar-refractivity contribution >= 4 is 0 Å². The van der Waals surface area contributed by atoms with Crippen molar-refractivity contribution in [2.24, 2.45) is 0 Å². The van der Waals surface area contributed by atoms with Gasteiger partial charge in [-0.3, -0.25) is 0 Å². The van der Waals surface area contributed by atoms with Gasteiger partial charge < -0.3 is 10.1 Å². The molecular weight excluding hydrogens is 102 g/mol. The van der Waals surface area contributed by atoms with Crippen molar-refractivity contribution in [1.82, 2.24) is 5.32 Å². The predicted octanol–water partition coefficient (Wildman–Crippen LogP) is 0.383. The molecule has 3 atom stereocenters. The van der Waals surface area contributed by atoms with Gasteiger partial charge in [0.15, 0.2) is 0 Å². The van der Waals surface area contributed by atoms with Gasteiger partial charge in [-0.1, -0.05) is 0 Å². The maximum absolute atomic E-state index is 7.54. The summed E-state index contributed by atoms with van der Waals surface area (Å²) in [5.41, 5.74) is 0. The first-order valence-corrected chi connectivity index (χ1v) is 2.67. The summed E-state index contributed by atoms with van der Waals surface area (Å²) in [6.45, 7) is 2.43. The van der Waals surface area contributed by atoms with Gasteiger partial charge in [-0.15, -0.1) is 0 Å². The Hall–Kier alpha value is -0.0800. The topological polar surface area (TPSA) is 21.3 Å². The summed E-state index contributed by atoms with van der Waals surface area (Å²) in [6.07, 6.45) is 0. The lowest BCUT2D eigenvalue weighted by molar-refractivity contribution is 0.0560. The van der Waals surface area contributed by atoms with Gasteiger partial charge in [0.1, 0.15) is 0 Å². The first kappa shape index (κ1) is 3.18. The van der Waals surface area contributed by atoms with E-state index in [1.807, 2.05) is 0 Å². The molecule has 0 aromatic carbocycles. The van der Waals surface area contributed by atoms with Gasteiger partial charge in [-0.05, 0) is 13.8 Å². The van der Waals surface area contributed by atoms with Crippen molar-refractivity contribution < 1.29 is 8.85 Å². The highest BCUT2D eigenvalue weighted by Crippen LogP contribution is 1.96. The van der Waals surface area contributed by atoms with Gasteiger partial charge in [0.05, 0.1) is 14.6 Å². The van der Waals surface area contributed by atoms with Crippen LogP contribution in [0.3, 0.4) is 0 Å². The number of morpholine rings is 1. The maximum atomic E-state index is 7.54. The van der Waals surface area contributed by atoms with Crippen LogP contribution in [-0.4, -0.2) is 25.2 Å². The lowest BCUT2D eigenvalue weighted by Gasteiger charge is -2.25. The van der Waals surface area contributed by atoms with E-state index in [1.54, 1.807) is 6.92 Å². The van der Waals surface area contributed by atoms with Crippen molar-refractivity contribution in [3.05, 3.63) is 0 Å². The Morgan fingerprint density at radius 1 is 1.75 bits per heavy atom. The Bertz CT molecular complexity index is 160. The lowest BCUT2D eigenvalue weighted by atomic mass is 10.2. The Kier molecular flexibility index (Phi) is 0.980. The number of hydrogen-bond acceptors (Lipinski definition) is 2. The zero-order valence-corrected chi connectivity index (χ0v) is 5.19. The second kappa shape index (κ2) is 2.46. The third kappa shape index (κ3) is 1.46. The fourth-order valence-electron chi connectivity index (χ4n) is 0.694. The van der Waals surface area contributed by atoms with Crippen LogP contribution in [-0.2, 0) is 4.74 Å². The molecule has 1 aliphatic heterocycles. The highest BCUT2D eigenvalue weighted by molar-refractivity contribution is 4.70. The quantitative estimate of drug-likeness (QED) is 0.496. The average Bonchev–Trinajstić information content (AvgIpc) is 1.77. The molecule has 1 fully saturated rings. The number of rotatable bonds is 0. The van der Waals surface area contributed by atoms with Crippen molar-refractivity contribution in [3.63, 3.8) is 0 Å². The minimum atomic E-state index is -1.17. The third-order valence-corrected chi connectivity index (χ3v) is 0.971. The van der Waals surface area contributed by atoms with Gasteiger partial charge in [-0.2, -0.15) is 0 Å². The molecular formula is C6H13NO. The van der Waals surface area contributed by atoms with Gasteiger partial charge in [0, 0.05) is 14.8 Å². The summed E-state index contributed by atoms with van der Waals surface area (Å²) >= 11 is 0. The number of hydrogen-bond donors (Lipinski definition) is 1. The molecule has 3 unspecified atom stereocenters. The standard InChI is InChI=1S/C6H13NO/c1-5-3-8-4-6(2)7-5/h5-7H,3-4H2,1-2H3/i3D,5D,6D. The predicted molar refractivity (Wildman–Crippen MR) is 32.9 cm³/mol. The van der Waals surface area contributed by atoms with Gasteiger partial charge >= 0.3 is 0 Å². The molecule has 0 amide bonds. The van der Waals surface area contributed by atoms with Crippen molar-refractivity contribution in [3.8, 4) is 0 Å². The fourth-order valence-corrected chi connectivity index (χ4v) is 0.694. The van der Waals surface area contributed by atoms with E-state index in [0.717, 1.165) is 0 Å². The lowest BCUT2D eigenvalue weighted by Crippen LogP contribution is -2.45. The van der Waals surface area contributed by atoms with E-state index in [4.69, 9.17) is 8.85 Å². The Balaban J connectivity index is 2.67.